The Morgan fingerprint density at radius 2 is 2.15 bits per heavy atom. The van der Waals surface area contributed by atoms with Gasteiger partial charge >= 0.3 is 5.97 Å². The lowest BCUT2D eigenvalue weighted by molar-refractivity contribution is -0.136. The van der Waals surface area contributed by atoms with E-state index in [4.69, 9.17) is 10.2 Å². The molecule has 0 spiro atoms. The van der Waals surface area contributed by atoms with Crippen molar-refractivity contribution in [3.8, 4) is 5.75 Å². The Kier molecular flexibility index (Phi) is 2.84. The van der Waals surface area contributed by atoms with Gasteiger partial charge in [-0.05, 0) is 18.1 Å². The van der Waals surface area contributed by atoms with Gasteiger partial charge in [0.15, 0.2) is 0 Å². The van der Waals surface area contributed by atoms with Crippen LogP contribution in [-0.2, 0) is 11.2 Å². The third-order valence-corrected chi connectivity index (χ3v) is 1.64. The number of hydrogen-bond donors (Lipinski definition) is 2. The second-order valence-electron chi connectivity index (χ2n) is 2.67. The monoisotopic (exact) mass is 184 g/mol. The average molecular weight is 184 g/mol. The number of hydrogen-bond acceptors (Lipinski definition) is 2. The number of benzene rings is 1. The molecule has 0 unspecified atom stereocenters. The Hall–Kier alpha value is -1.58. The third kappa shape index (κ3) is 2.74. The molecule has 4 heteroatoms. The molecule has 0 aliphatic heterocycles. The van der Waals surface area contributed by atoms with Crippen molar-refractivity contribution in [2.75, 3.05) is 0 Å². The Labute approximate surface area is 74.4 Å². The number of halogens is 1. The lowest BCUT2D eigenvalue weighted by atomic mass is 10.1. The maximum absolute atomic E-state index is 12.9. The first kappa shape index (κ1) is 9.51. The molecule has 1 rings (SSSR count). The highest BCUT2D eigenvalue weighted by Crippen LogP contribution is 2.16. The zero-order valence-electron chi connectivity index (χ0n) is 6.83. The van der Waals surface area contributed by atoms with E-state index in [1.54, 1.807) is 0 Å². The molecule has 0 aliphatic rings. The van der Waals surface area contributed by atoms with Gasteiger partial charge in [0.05, 0.1) is 0 Å². The van der Waals surface area contributed by atoms with Gasteiger partial charge in [0.1, 0.15) is 11.6 Å². The summed E-state index contributed by atoms with van der Waals surface area (Å²) in [5.74, 6) is -1.69. The van der Waals surface area contributed by atoms with Crippen molar-refractivity contribution in [3.63, 3.8) is 0 Å². The van der Waals surface area contributed by atoms with Crippen LogP contribution in [0.15, 0.2) is 18.2 Å². The van der Waals surface area contributed by atoms with Crippen LogP contribution in [0, 0.1) is 5.82 Å². The van der Waals surface area contributed by atoms with Crippen LogP contribution in [0.25, 0.3) is 0 Å². The first-order valence-corrected chi connectivity index (χ1v) is 3.79. The van der Waals surface area contributed by atoms with Crippen LogP contribution in [0.2, 0.25) is 0 Å². The molecule has 13 heavy (non-hydrogen) atoms. The SMILES string of the molecule is O=C(O)CCc1ccc(O)cc1F. The first-order chi connectivity index (χ1) is 6.09. The second kappa shape index (κ2) is 3.89. The summed E-state index contributed by atoms with van der Waals surface area (Å²) in [6.45, 7) is 0. The molecule has 0 aromatic heterocycles. The van der Waals surface area contributed by atoms with Gasteiger partial charge in [0.25, 0.3) is 0 Å². The van der Waals surface area contributed by atoms with Crippen molar-refractivity contribution in [1.29, 1.82) is 0 Å². The normalized spacial score (nSPS) is 9.92. The topological polar surface area (TPSA) is 57.5 Å². The van der Waals surface area contributed by atoms with Crippen LogP contribution in [0.3, 0.4) is 0 Å². The maximum Gasteiger partial charge on any atom is 0.303 e. The Balaban J connectivity index is 2.72. The Morgan fingerprint density at radius 1 is 1.46 bits per heavy atom. The number of aromatic hydroxyl groups is 1. The molecule has 3 nitrogen and oxygen atoms in total. The minimum absolute atomic E-state index is 0.109. The van der Waals surface area contributed by atoms with Crippen LogP contribution in [0.5, 0.6) is 5.75 Å². The zero-order chi connectivity index (χ0) is 9.84. The molecule has 0 radical (unpaired) electrons. The van der Waals surface area contributed by atoms with Crippen molar-refractivity contribution in [2.45, 2.75) is 12.8 Å². The number of carbonyl (C=O) groups is 1. The van der Waals surface area contributed by atoms with E-state index in [-0.39, 0.29) is 18.6 Å². The van der Waals surface area contributed by atoms with Crippen molar-refractivity contribution in [3.05, 3.63) is 29.6 Å². The molecule has 0 atom stereocenters. The zero-order valence-corrected chi connectivity index (χ0v) is 6.83. The molecule has 0 amide bonds. The third-order valence-electron chi connectivity index (χ3n) is 1.64. The van der Waals surface area contributed by atoms with E-state index in [2.05, 4.69) is 0 Å². The van der Waals surface area contributed by atoms with Crippen LogP contribution < -0.4 is 0 Å². The lowest BCUT2D eigenvalue weighted by Gasteiger charge is -2.00. The molecule has 2 N–H and O–H groups in total. The summed E-state index contributed by atoms with van der Waals surface area (Å²) in [5, 5.41) is 17.2. The molecule has 0 saturated heterocycles. The fraction of sp³-hybridized carbons (Fsp3) is 0.222. The molecule has 70 valence electrons. The minimum Gasteiger partial charge on any atom is -0.508 e. The summed E-state index contributed by atoms with van der Waals surface area (Å²) in [6, 6.07) is 3.69. The number of aliphatic carboxylic acids is 1. The first-order valence-electron chi connectivity index (χ1n) is 3.79. The van der Waals surface area contributed by atoms with Crippen molar-refractivity contribution in [2.24, 2.45) is 0 Å². The van der Waals surface area contributed by atoms with Crippen LogP contribution >= 0.6 is 0 Å². The second-order valence-corrected chi connectivity index (χ2v) is 2.67. The summed E-state index contributed by atoms with van der Waals surface area (Å²) >= 11 is 0. The molecule has 0 bridgehead atoms. The van der Waals surface area contributed by atoms with Gasteiger partial charge in [0.2, 0.25) is 0 Å². The number of phenols is 1. The maximum atomic E-state index is 12.9. The fourth-order valence-corrected chi connectivity index (χ4v) is 0.981. The van der Waals surface area contributed by atoms with E-state index in [1.165, 1.54) is 12.1 Å². The van der Waals surface area contributed by atoms with Gasteiger partial charge in [-0.25, -0.2) is 4.39 Å². The van der Waals surface area contributed by atoms with E-state index in [1.807, 2.05) is 0 Å². The van der Waals surface area contributed by atoms with Gasteiger partial charge in [-0.2, -0.15) is 0 Å². The largest absolute Gasteiger partial charge is 0.508 e. The van der Waals surface area contributed by atoms with E-state index in [0.717, 1.165) is 6.07 Å². The summed E-state index contributed by atoms with van der Waals surface area (Å²) in [7, 11) is 0. The van der Waals surface area contributed by atoms with Gasteiger partial charge in [0, 0.05) is 12.5 Å². The van der Waals surface area contributed by atoms with Crippen molar-refractivity contribution < 1.29 is 19.4 Å². The van der Waals surface area contributed by atoms with E-state index in [0.29, 0.717) is 5.56 Å². The Morgan fingerprint density at radius 3 is 2.69 bits per heavy atom. The van der Waals surface area contributed by atoms with Crippen LogP contribution in [0.4, 0.5) is 4.39 Å². The summed E-state index contributed by atoms with van der Waals surface area (Å²) in [4.78, 5) is 10.2. The van der Waals surface area contributed by atoms with E-state index in [9.17, 15) is 9.18 Å². The van der Waals surface area contributed by atoms with Gasteiger partial charge < -0.3 is 10.2 Å². The van der Waals surface area contributed by atoms with Crippen molar-refractivity contribution in [1.82, 2.24) is 0 Å². The molecular weight excluding hydrogens is 175 g/mol. The number of carboxylic acid groups (broad SMARTS) is 1. The lowest BCUT2D eigenvalue weighted by Crippen LogP contribution is -1.99. The number of carboxylic acids is 1. The molecule has 1 aromatic carbocycles. The molecule has 0 heterocycles. The van der Waals surface area contributed by atoms with E-state index >= 15 is 0 Å². The Bertz CT molecular complexity index is 323. The highest BCUT2D eigenvalue weighted by molar-refractivity contribution is 5.67. The van der Waals surface area contributed by atoms with Gasteiger partial charge in [-0.15, -0.1) is 0 Å². The fourth-order valence-electron chi connectivity index (χ4n) is 0.981. The van der Waals surface area contributed by atoms with Crippen LogP contribution in [-0.4, -0.2) is 16.2 Å². The summed E-state index contributed by atoms with van der Waals surface area (Å²) in [5.41, 5.74) is 0.306. The van der Waals surface area contributed by atoms with E-state index < -0.39 is 11.8 Å². The summed E-state index contributed by atoms with van der Waals surface area (Å²) in [6.07, 6.45) is 0.0309. The molecular formula is C9H9FO3. The van der Waals surface area contributed by atoms with Gasteiger partial charge in [-0.1, -0.05) is 6.07 Å². The number of aryl methyl sites for hydroxylation is 1. The molecule has 0 fully saturated rings. The van der Waals surface area contributed by atoms with Gasteiger partial charge in [-0.3, -0.25) is 4.79 Å². The quantitative estimate of drug-likeness (QED) is 0.749. The van der Waals surface area contributed by atoms with Crippen LogP contribution in [0.1, 0.15) is 12.0 Å². The highest BCUT2D eigenvalue weighted by Gasteiger charge is 2.05. The van der Waals surface area contributed by atoms with Crippen molar-refractivity contribution >= 4 is 5.97 Å². The average Bonchev–Trinajstić information content (AvgIpc) is 2.02. The smallest absolute Gasteiger partial charge is 0.303 e. The minimum atomic E-state index is -0.965. The molecule has 1 aromatic rings. The predicted molar refractivity (Wildman–Crippen MR) is 44.0 cm³/mol. The highest BCUT2D eigenvalue weighted by atomic mass is 19.1. The predicted octanol–water partition coefficient (Wildman–Crippen LogP) is 1.55. The standard InChI is InChI=1S/C9H9FO3/c10-8-5-7(11)3-1-6(8)2-4-9(12)13/h1,3,5,11H,2,4H2,(H,12,13). The number of rotatable bonds is 3. The number of phenolic OH excluding ortho intramolecular Hbond substituents is 1. The molecule has 0 saturated carbocycles. The summed E-state index contributed by atoms with van der Waals surface area (Å²) < 4.78 is 12.9. The molecule has 0 aliphatic carbocycles.